The lowest BCUT2D eigenvalue weighted by molar-refractivity contribution is 0.599. The Labute approximate surface area is 124 Å². The zero-order valence-corrected chi connectivity index (χ0v) is 13.1. The van der Waals surface area contributed by atoms with E-state index < -0.39 is 9.84 Å². The molecule has 1 unspecified atom stereocenters. The van der Waals surface area contributed by atoms with Crippen LogP contribution in [0.4, 0.5) is 0 Å². The quantitative estimate of drug-likeness (QED) is 0.843. The van der Waals surface area contributed by atoms with Crippen LogP contribution in [0, 0.1) is 13.8 Å². The van der Waals surface area contributed by atoms with Gasteiger partial charge in [-0.05, 0) is 48.7 Å². The van der Waals surface area contributed by atoms with E-state index in [1.807, 2.05) is 50.2 Å². The topological polar surface area (TPSA) is 34.1 Å². The van der Waals surface area contributed by atoms with E-state index in [1.54, 1.807) is 11.8 Å². The van der Waals surface area contributed by atoms with Crippen LogP contribution in [0.1, 0.15) is 21.9 Å². The summed E-state index contributed by atoms with van der Waals surface area (Å²) in [7, 11) is -3.14. The van der Waals surface area contributed by atoms with E-state index in [0.29, 0.717) is 4.90 Å². The first-order valence-electron chi connectivity index (χ1n) is 6.53. The molecule has 1 heterocycles. The third-order valence-corrected chi connectivity index (χ3v) is 6.76. The molecule has 0 aromatic heterocycles. The number of benzene rings is 2. The van der Waals surface area contributed by atoms with E-state index in [-0.39, 0.29) is 11.0 Å². The lowest BCUT2D eigenvalue weighted by Gasteiger charge is -2.12. The van der Waals surface area contributed by atoms with Gasteiger partial charge >= 0.3 is 0 Å². The summed E-state index contributed by atoms with van der Waals surface area (Å²) < 4.78 is 24.7. The average Bonchev–Trinajstić information content (AvgIpc) is 2.62. The van der Waals surface area contributed by atoms with Gasteiger partial charge in [0.15, 0.2) is 9.84 Å². The molecule has 0 fully saturated rings. The Morgan fingerprint density at radius 2 is 1.80 bits per heavy atom. The van der Waals surface area contributed by atoms with Gasteiger partial charge in [-0.1, -0.05) is 24.3 Å². The lowest BCUT2D eigenvalue weighted by Crippen LogP contribution is -2.01. The molecular weight excluding hydrogens is 288 g/mol. The van der Waals surface area contributed by atoms with Gasteiger partial charge in [-0.3, -0.25) is 0 Å². The first kappa shape index (κ1) is 13.7. The van der Waals surface area contributed by atoms with E-state index in [9.17, 15) is 8.42 Å². The van der Waals surface area contributed by atoms with E-state index in [0.717, 1.165) is 21.6 Å². The van der Waals surface area contributed by atoms with Crippen molar-refractivity contribution in [1.29, 1.82) is 0 Å². The molecule has 0 saturated heterocycles. The van der Waals surface area contributed by atoms with Gasteiger partial charge in [-0.25, -0.2) is 8.42 Å². The Hall–Kier alpha value is -1.26. The number of sulfone groups is 1. The second-order valence-corrected chi connectivity index (χ2v) is 8.47. The van der Waals surface area contributed by atoms with Gasteiger partial charge in [0.05, 0.1) is 15.9 Å². The molecule has 2 aromatic rings. The van der Waals surface area contributed by atoms with Gasteiger partial charge in [0.1, 0.15) is 0 Å². The maximum absolute atomic E-state index is 12.3. The van der Waals surface area contributed by atoms with Crippen molar-refractivity contribution in [2.24, 2.45) is 0 Å². The van der Waals surface area contributed by atoms with E-state index in [1.165, 1.54) is 0 Å². The fourth-order valence-corrected chi connectivity index (χ4v) is 6.44. The van der Waals surface area contributed by atoms with Crippen molar-refractivity contribution in [2.75, 3.05) is 5.75 Å². The zero-order valence-electron chi connectivity index (χ0n) is 11.5. The fraction of sp³-hybridized carbons (Fsp3) is 0.250. The molecule has 0 aliphatic carbocycles. The molecule has 1 aliphatic heterocycles. The van der Waals surface area contributed by atoms with Crippen LogP contribution in [0.3, 0.4) is 0 Å². The standard InChI is InChI=1S/C16H16O2S2/c1-11-8-12(2)16-14(10-20(17,18)15(16)9-11)19-13-6-4-3-5-7-13/h3-9,14H,10H2,1-2H3. The minimum atomic E-state index is -3.14. The molecule has 0 bridgehead atoms. The molecule has 0 saturated carbocycles. The van der Waals surface area contributed by atoms with Crippen molar-refractivity contribution >= 4 is 21.6 Å². The highest BCUT2D eigenvalue weighted by atomic mass is 32.2. The first-order chi connectivity index (χ1) is 9.47. The minimum Gasteiger partial charge on any atom is -0.224 e. The summed E-state index contributed by atoms with van der Waals surface area (Å²) in [5, 5.41) is -0.00185. The minimum absolute atomic E-state index is 0.00185. The molecule has 0 radical (unpaired) electrons. The van der Waals surface area contributed by atoms with Crippen molar-refractivity contribution in [3.63, 3.8) is 0 Å². The van der Waals surface area contributed by atoms with E-state index in [4.69, 9.17) is 0 Å². The van der Waals surface area contributed by atoms with Gasteiger partial charge in [-0.15, -0.1) is 11.8 Å². The molecule has 4 heteroatoms. The van der Waals surface area contributed by atoms with Gasteiger partial charge in [0, 0.05) is 4.90 Å². The smallest absolute Gasteiger partial charge is 0.180 e. The van der Waals surface area contributed by atoms with Crippen molar-refractivity contribution in [3.05, 3.63) is 59.2 Å². The molecule has 20 heavy (non-hydrogen) atoms. The number of fused-ring (bicyclic) bond motifs is 1. The van der Waals surface area contributed by atoms with Crippen LogP contribution < -0.4 is 0 Å². The average molecular weight is 304 g/mol. The first-order valence-corrected chi connectivity index (χ1v) is 9.06. The van der Waals surface area contributed by atoms with Crippen molar-refractivity contribution < 1.29 is 8.42 Å². The van der Waals surface area contributed by atoms with Crippen molar-refractivity contribution in [3.8, 4) is 0 Å². The highest BCUT2D eigenvalue weighted by Gasteiger charge is 2.36. The Morgan fingerprint density at radius 1 is 1.10 bits per heavy atom. The van der Waals surface area contributed by atoms with Crippen LogP contribution in [0.2, 0.25) is 0 Å². The highest BCUT2D eigenvalue weighted by Crippen LogP contribution is 2.46. The Balaban J connectivity index is 2.06. The molecule has 2 nitrogen and oxygen atoms in total. The number of hydrogen-bond acceptors (Lipinski definition) is 3. The van der Waals surface area contributed by atoms with Crippen LogP contribution in [0.15, 0.2) is 52.3 Å². The molecule has 1 atom stereocenters. The number of hydrogen-bond donors (Lipinski definition) is 0. The normalized spacial score (nSPS) is 19.8. The Bertz CT molecular complexity index is 750. The molecule has 0 N–H and O–H groups in total. The maximum Gasteiger partial charge on any atom is 0.180 e. The molecule has 2 aromatic carbocycles. The van der Waals surface area contributed by atoms with E-state index >= 15 is 0 Å². The largest absolute Gasteiger partial charge is 0.224 e. The number of thioether (sulfide) groups is 1. The number of rotatable bonds is 2. The number of aryl methyl sites for hydroxylation is 2. The Kier molecular flexibility index (Phi) is 3.38. The van der Waals surface area contributed by atoms with Gasteiger partial charge in [0.25, 0.3) is 0 Å². The van der Waals surface area contributed by atoms with Crippen LogP contribution in [0.5, 0.6) is 0 Å². The van der Waals surface area contributed by atoms with Crippen LogP contribution in [0.25, 0.3) is 0 Å². The fourth-order valence-electron chi connectivity index (χ4n) is 2.74. The second-order valence-electron chi connectivity index (χ2n) is 5.19. The monoisotopic (exact) mass is 304 g/mol. The van der Waals surface area contributed by atoms with Crippen LogP contribution >= 0.6 is 11.8 Å². The predicted octanol–water partition coefficient (Wildman–Crippen LogP) is 3.92. The summed E-state index contributed by atoms with van der Waals surface area (Å²) in [4.78, 5) is 1.64. The van der Waals surface area contributed by atoms with Crippen molar-refractivity contribution in [2.45, 2.75) is 28.9 Å². The van der Waals surface area contributed by atoms with Crippen LogP contribution in [-0.4, -0.2) is 14.2 Å². The zero-order chi connectivity index (χ0) is 14.3. The summed E-state index contributed by atoms with van der Waals surface area (Å²) in [5.41, 5.74) is 3.08. The van der Waals surface area contributed by atoms with Gasteiger partial charge in [-0.2, -0.15) is 0 Å². The highest BCUT2D eigenvalue weighted by molar-refractivity contribution is 8.01. The van der Waals surface area contributed by atoms with Crippen LogP contribution in [-0.2, 0) is 9.84 Å². The molecular formula is C16H16O2S2. The maximum atomic E-state index is 12.3. The predicted molar refractivity (Wildman–Crippen MR) is 83.0 cm³/mol. The van der Waals surface area contributed by atoms with Gasteiger partial charge < -0.3 is 0 Å². The summed E-state index contributed by atoms with van der Waals surface area (Å²) in [6, 6.07) is 13.9. The summed E-state index contributed by atoms with van der Waals surface area (Å²) >= 11 is 1.64. The molecule has 1 aliphatic rings. The van der Waals surface area contributed by atoms with Gasteiger partial charge in [0.2, 0.25) is 0 Å². The molecule has 0 amide bonds. The molecule has 104 valence electrons. The SMILES string of the molecule is Cc1cc(C)c2c(c1)S(=O)(=O)CC2Sc1ccccc1. The van der Waals surface area contributed by atoms with Crippen molar-refractivity contribution in [1.82, 2.24) is 0 Å². The summed E-state index contributed by atoms with van der Waals surface area (Å²) in [5.74, 6) is 0.201. The third kappa shape index (κ3) is 2.38. The van der Waals surface area contributed by atoms with E-state index in [2.05, 4.69) is 6.07 Å². The summed E-state index contributed by atoms with van der Waals surface area (Å²) in [6.07, 6.45) is 0. The lowest BCUT2D eigenvalue weighted by atomic mass is 10.0. The molecule has 3 rings (SSSR count). The molecule has 0 spiro atoms. The third-order valence-electron chi connectivity index (χ3n) is 3.54. The Morgan fingerprint density at radius 3 is 2.50 bits per heavy atom. The summed E-state index contributed by atoms with van der Waals surface area (Å²) in [6.45, 7) is 3.95. The second kappa shape index (κ2) is 4.93.